The van der Waals surface area contributed by atoms with E-state index in [0.29, 0.717) is 30.8 Å². The molecule has 2 aromatic carbocycles. The third-order valence-electron chi connectivity index (χ3n) is 3.17. The number of carbonyl (C=O) groups is 2. The molecule has 0 spiro atoms. The number of rotatable bonds is 7. The molecule has 2 aromatic rings. The number of hydrogen-bond acceptors (Lipinski definition) is 3. The monoisotopic (exact) mass is 297 g/mol. The van der Waals surface area contributed by atoms with E-state index in [0.717, 1.165) is 0 Å². The summed E-state index contributed by atoms with van der Waals surface area (Å²) in [6, 6.07) is 16.7. The van der Waals surface area contributed by atoms with Crippen LogP contribution in [0.25, 0.3) is 0 Å². The van der Waals surface area contributed by atoms with Crippen molar-refractivity contribution >= 4 is 17.5 Å². The SMILES string of the molecule is NC(=O)c1ccccc1NC(=O)CCNCc1ccccc1. The lowest BCUT2D eigenvalue weighted by molar-refractivity contribution is -0.116. The van der Waals surface area contributed by atoms with Crippen molar-refractivity contribution in [3.05, 3.63) is 65.7 Å². The molecular formula is C17H19N3O2. The molecule has 0 saturated carbocycles. The predicted molar refractivity (Wildman–Crippen MR) is 86.4 cm³/mol. The Kier molecular flexibility index (Phi) is 5.68. The van der Waals surface area contributed by atoms with Gasteiger partial charge in [-0.15, -0.1) is 0 Å². The van der Waals surface area contributed by atoms with Gasteiger partial charge in [-0.3, -0.25) is 9.59 Å². The number of amides is 2. The molecule has 0 saturated heterocycles. The molecule has 0 aliphatic carbocycles. The first kappa shape index (κ1) is 15.7. The minimum atomic E-state index is -0.557. The lowest BCUT2D eigenvalue weighted by Crippen LogP contribution is -2.23. The van der Waals surface area contributed by atoms with Gasteiger partial charge < -0.3 is 16.4 Å². The van der Waals surface area contributed by atoms with E-state index in [4.69, 9.17) is 5.73 Å². The minimum Gasteiger partial charge on any atom is -0.366 e. The zero-order valence-electron chi connectivity index (χ0n) is 12.2. The first-order valence-corrected chi connectivity index (χ1v) is 7.10. The van der Waals surface area contributed by atoms with Crippen LogP contribution in [0.15, 0.2) is 54.6 Å². The van der Waals surface area contributed by atoms with Crippen molar-refractivity contribution < 1.29 is 9.59 Å². The van der Waals surface area contributed by atoms with E-state index in [9.17, 15) is 9.59 Å². The number of hydrogen-bond donors (Lipinski definition) is 3. The van der Waals surface area contributed by atoms with Gasteiger partial charge in [-0.25, -0.2) is 0 Å². The highest BCUT2D eigenvalue weighted by molar-refractivity contribution is 6.02. The van der Waals surface area contributed by atoms with Crippen molar-refractivity contribution in [1.82, 2.24) is 5.32 Å². The van der Waals surface area contributed by atoms with Crippen molar-refractivity contribution in [2.75, 3.05) is 11.9 Å². The van der Waals surface area contributed by atoms with E-state index >= 15 is 0 Å². The summed E-state index contributed by atoms with van der Waals surface area (Å²) >= 11 is 0. The van der Waals surface area contributed by atoms with E-state index in [1.165, 1.54) is 5.56 Å². The fourth-order valence-corrected chi connectivity index (χ4v) is 2.05. The standard InChI is InChI=1S/C17H19N3O2/c18-17(22)14-8-4-5-9-15(14)20-16(21)10-11-19-12-13-6-2-1-3-7-13/h1-9,19H,10-12H2,(H2,18,22)(H,20,21). The number of primary amides is 1. The highest BCUT2D eigenvalue weighted by atomic mass is 16.2. The largest absolute Gasteiger partial charge is 0.366 e. The van der Waals surface area contributed by atoms with Crippen LogP contribution in [0.5, 0.6) is 0 Å². The number of benzene rings is 2. The summed E-state index contributed by atoms with van der Waals surface area (Å²) in [5.74, 6) is -0.715. The van der Waals surface area contributed by atoms with Crippen LogP contribution in [0, 0.1) is 0 Å². The number of nitrogens with two attached hydrogens (primary N) is 1. The van der Waals surface area contributed by atoms with Crippen molar-refractivity contribution in [3.8, 4) is 0 Å². The summed E-state index contributed by atoms with van der Waals surface area (Å²) < 4.78 is 0. The van der Waals surface area contributed by atoms with E-state index < -0.39 is 5.91 Å². The van der Waals surface area contributed by atoms with Crippen LogP contribution in [0.4, 0.5) is 5.69 Å². The fourth-order valence-electron chi connectivity index (χ4n) is 2.05. The van der Waals surface area contributed by atoms with Gasteiger partial charge in [-0.1, -0.05) is 42.5 Å². The third-order valence-corrected chi connectivity index (χ3v) is 3.17. The molecule has 5 nitrogen and oxygen atoms in total. The average Bonchev–Trinajstić information content (AvgIpc) is 2.53. The topological polar surface area (TPSA) is 84.2 Å². The summed E-state index contributed by atoms with van der Waals surface area (Å²) in [7, 11) is 0. The number of carbonyl (C=O) groups excluding carboxylic acids is 2. The molecule has 22 heavy (non-hydrogen) atoms. The van der Waals surface area contributed by atoms with Gasteiger partial charge in [0.05, 0.1) is 11.3 Å². The van der Waals surface area contributed by atoms with Gasteiger partial charge in [0.15, 0.2) is 0 Å². The maximum absolute atomic E-state index is 11.9. The highest BCUT2D eigenvalue weighted by Gasteiger charge is 2.09. The summed E-state index contributed by atoms with van der Waals surface area (Å²) in [4.78, 5) is 23.2. The smallest absolute Gasteiger partial charge is 0.250 e. The molecule has 2 rings (SSSR count). The Morgan fingerprint density at radius 3 is 2.36 bits per heavy atom. The Bertz CT molecular complexity index is 641. The molecule has 0 aromatic heterocycles. The van der Waals surface area contributed by atoms with Crippen molar-refractivity contribution in [2.45, 2.75) is 13.0 Å². The molecule has 0 heterocycles. The zero-order chi connectivity index (χ0) is 15.8. The lowest BCUT2D eigenvalue weighted by atomic mass is 10.1. The first-order chi connectivity index (χ1) is 10.7. The van der Waals surface area contributed by atoms with E-state index in [1.807, 2.05) is 30.3 Å². The predicted octanol–water partition coefficient (Wildman–Crippen LogP) is 1.90. The van der Waals surface area contributed by atoms with Crippen LogP contribution in [0.3, 0.4) is 0 Å². The Balaban J connectivity index is 1.78. The maximum Gasteiger partial charge on any atom is 0.250 e. The molecule has 0 aliphatic heterocycles. The van der Waals surface area contributed by atoms with Crippen LogP contribution >= 0.6 is 0 Å². The molecule has 114 valence electrons. The maximum atomic E-state index is 11.9. The minimum absolute atomic E-state index is 0.158. The van der Waals surface area contributed by atoms with Gasteiger partial charge in [0.25, 0.3) is 5.91 Å². The quantitative estimate of drug-likeness (QED) is 0.682. The zero-order valence-corrected chi connectivity index (χ0v) is 12.2. The molecule has 0 atom stereocenters. The number of anilines is 1. The molecule has 0 fully saturated rings. The van der Waals surface area contributed by atoms with Gasteiger partial charge in [0, 0.05) is 19.5 Å². The number of para-hydroxylation sites is 1. The molecule has 2 amide bonds. The Labute approximate surface area is 129 Å². The van der Waals surface area contributed by atoms with Gasteiger partial charge >= 0.3 is 0 Å². The summed E-state index contributed by atoms with van der Waals surface area (Å²) in [5, 5.41) is 5.91. The van der Waals surface area contributed by atoms with Gasteiger partial charge in [0.1, 0.15) is 0 Å². The Hall–Kier alpha value is -2.66. The van der Waals surface area contributed by atoms with Crippen molar-refractivity contribution in [1.29, 1.82) is 0 Å². The van der Waals surface area contributed by atoms with E-state index in [-0.39, 0.29) is 5.91 Å². The van der Waals surface area contributed by atoms with Crippen LogP contribution in [0.2, 0.25) is 0 Å². The van der Waals surface area contributed by atoms with Crippen LogP contribution in [0.1, 0.15) is 22.3 Å². The highest BCUT2D eigenvalue weighted by Crippen LogP contribution is 2.14. The van der Waals surface area contributed by atoms with Crippen LogP contribution in [-0.2, 0) is 11.3 Å². The third kappa shape index (κ3) is 4.71. The lowest BCUT2D eigenvalue weighted by Gasteiger charge is -2.09. The normalized spacial score (nSPS) is 10.2. The van der Waals surface area contributed by atoms with Gasteiger partial charge in [-0.2, -0.15) is 0 Å². The summed E-state index contributed by atoms with van der Waals surface area (Å²) in [5.41, 5.74) is 7.20. The number of nitrogens with one attached hydrogen (secondary N) is 2. The van der Waals surface area contributed by atoms with E-state index in [1.54, 1.807) is 24.3 Å². The molecule has 0 unspecified atom stereocenters. The van der Waals surface area contributed by atoms with Crippen molar-refractivity contribution in [3.63, 3.8) is 0 Å². The van der Waals surface area contributed by atoms with Crippen LogP contribution in [-0.4, -0.2) is 18.4 Å². The summed E-state index contributed by atoms with van der Waals surface area (Å²) in [6.45, 7) is 1.27. The first-order valence-electron chi connectivity index (χ1n) is 7.10. The molecule has 0 aliphatic rings. The molecule has 5 heteroatoms. The van der Waals surface area contributed by atoms with E-state index in [2.05, 4.69) is 10.6 Å². The molecular weight excluding hydrogens is 278 g/mol. The van der Waals surface area contributed by atoms with Crippen molar-refractivity contribution in [2.24, 2.45) is 5.73 Å². The van der Waals surface area contributed by atoms with Gasteiger partial charge in [0.2, 0.25) is 5.91 Å². The van der Waals surface area contributed by atoms with Crippen LogP contribution < -0.4 is 16.4 Å². The Morgan fingerprint density at radius 1 is 0.955 bits per heavy atom. The average molecular weight is 297 g/mol. The molecule has 4 N–H and O–H groups in total. The summed E-state index contributed by atoms with van der Waals surface area (Å²) in [6.07, 6.45) is 0.319. The second-order valence-electron chi connectivity index (χ2n) is 4.87. The second-order valence-corrected chi connectivity index (χ2v) is 4.87. The Morgan fingerprint density at radius 2 is 1.64 bits per heavy atom. The molecule has 0 bridgehead atoms. The second kappa shape index (κ2) is 7.95. The molecule has 0 radical (unpaired) electrons. The van der Waals surface area contributed by atoms with Gasteiger partial charge in [-0.05, 0) is 17.7 Å². The fraction of sp³-hybridized carbons (Fsp3) is 0.176.